The molecule has 0 aliphatic rings. The van der Waals surface area contributed by atoms with E-state index in [1.54, 1.807) is 12.3 Å². The number of rotatable bonds is 2. The second-order valence-electron chi connectivity index (χ2n) is 3.99. The summed E-state index contributed by atoms with van der Waals surface area (Å²) in [5.74, 6) is 0.541. The molecule has 1 aromatic heterocycles. The molecule has 0 radical (unpaired) electrons. The fourth-order valence-electron chi connectivity index (χ4n) is 0.821. The highest BCUT2D eigenvalue weighted by atomic mass is 16.5. The standard InChI is InChI=1S/C10H16N2O/c1-10(2,3)13-7-8-4-5-9(11)12-6-8/h4-6H,7H2,1-3H3,(H2,11,12). The van der Waals surface area contributed by atoms with Crippen molar-refractivity contribution in [3.8, 4) is 0 Å². The summed E-state index contributed by atoms with van der Waals surface area (Å²) in [7, 11) is 0. The third-order valence-corrected chi connectivity index (χ3v) is 1.52. The van der Waals surface area contributed by atoms with Gasteiger partial charge in [-0.3, -0.25) is 0 Å². The molecule has 0 saturated heterocycles. The number of anilines is 1. The minimum absolute atomic E-state index is 0.110. The third kappa shape index (κ3) is 3.90. The van der Waals surface area contributed by atoms with Crippen molar-refractivity contribution in [2.24, 2.45) is 0 Å². The van der Waals surface area contributed by atoms with E-state index < -0.39 is 0 Å². The molecule has 0 aliphatic carbocycles. The lowest BCUT2D eigenvalue weighted by atomic mass is 10.2. The fraction of sp³-hybridized carbons (Fsp3) is 0.500. The van der Waals surface area contributed by atoms with E-state index in [0.29, 0.717) is 12.4 Å². The van der Waals surface area contributed by atoms with Crippen LogP contribution in [-0.4, -0.2) is 10.6 Å². The van der Waals surface area contributed by atoms with Gasteiger partial charge >= 0.3 is 0 Å². The van der Waals surface area contributed by atoms with Gasteiger partial charge in [-0.05, 0) is 32.4 Å². The van der Waals surface area contributed by atoms with E-state index in [9.17, 15) is 0 Å². The van der Waals surface area contributed by atoms with Crippen molar-refractivity contribution >= 4 is 5.82 Å². The first kappa shape index (κ1) is 9.99. The Bertz CT molecular complexity index is 261. The Labute approximate surface area is 78.9 Å². The maximum atomic E-state index is 5.57. The van der Waals surface area contributed by atoms with E-state index in [1.165, 1.54) is 0 Å². The summed E-state index contributed by atoms with van der Waals surface area (Å²) in [6.45, 7) is 6.66. The monoisotopic (exact) mass is 180 g/mol. The van der Waals surface area contributed by atoms with Crippen LogP contribution < -0.4 is 5.73 Å². The molecule has 0 spiro atoms. The van der Waals surface area contributed by atoms with Crippen LogP contribution >= 0.6 is 0 Å². The molecule has 72 valence electrons. The lowest BCUT2D eigenvalue weighted by Gasteiger charge is -2.19. The molecule has 0 amide bonds. The van der Waals surface area contributed by atoms with E-state index in [-0.39, 0.29) is 5.60 Å². The van der Waals surface area contributed by atoms with Crippen molar-refractivity contribution in [3.63, 3.8) is 0 Å². The minimum atomic E-state index is -0.110. The predicted octanol–water partition coefficient (Wildman–Crippen LogP) is 1.98. The SMILES string of the molecule is CC(C)(C)OCc1ccc(N)nc1. The summed E-state index contributed by atoms with van der Waals surface area (Å²) in [6, 6.07) is 3.70. The predicted molar refractivity (Wildman–Crippen MR) is 53.2 cm³/mol. The lowest BCUT2D eigenvalue weighted by Crippen LogP contribution is -2.18. The molecule has 1 rings (SSSR count). The summed E-state index contributed by atoms with van der Waals surface area (Å²) in [5.41, 5.74) is 6.39. The molecule has 0 saturated carbocycles. The van der Waals surface area contributed by atoms with Crippen LogP contribution in [0.25, 0.3) is 0 Å². The zero-order valence-corrected chi connectivity index (χ0v) is 8.37. The molecule has 0 bridgehead atoms. The smallest absolute Gasteiger partial charge is 0.123 e. The zero-order valence-electron chi connectivity index (χ0n) is 8.37. The third-order valence-electron chi connectivity index (χ3n) is 1.52. The van der Waals surface area contributed by atoms with Gasteiger partial charge in [0, 0.05) is 6.20 Å². The fourth-order valence-corrected chi connectivity index (χ4v) is 0.821. The second-order valence-corrected chi connectivity index (χ2v) is 3.99. The summed E-state index contributed by atoms with van der Waals surface area (Å²) in [4.78, 5) is 3.98. The summed E-state index contributed by atoms with van der Waals surface area (Å²) >= 11 is 0. The highest BCUT2D eigenvalue weighted by molar-refractivity contribution is 5.28. The Morgan fingerprint density at radius 1 is 1.38 bits per heavy atom. The van der Waals surface area contributed by atoms with Gasteiger partial charge in [0.2, 0.25) is 0 Å². The number of hydrogen-bond acceptors (Lipinski definition) is 3. The summed E-state index contributed by atoms with van der Waals surface area (Å²) < 4.78 is 5.57. The number of ether oxygens (including phenoxy) is 1. The summed E-state index contributed by atoms with van der Waals surface area (Å²) in [5, 5.41) is 0. The van der Waals surface area contributed by atoms with E-state index >= 15 is 0 Å². The van der Waals surface area contributed by atoms with Crippen LogP contribution in [0.3, 0.4) is 0 Å². The Morgan fingerprint density at radius 3 is 2.54 bits per heavy atom. The van der Waals surface area contributed by atoms with Crippen LogP contribution in [-0.2, 0) is 11.3 Å². The van der Waals surface area contributed by atoms with Crippen molar-refractivity contribution in [1.29, 1.82) is 0 Å². The number of aromatic nitrogens is 1. The van der Waals surface area contributed by atoms with Gasteiger partial charge in [-0.25, -0.2) is 4.98 Å². The molecular formula is C10H16N2O. The molecular weight excluding hydrogens is 164 g/mol. The molecule has 3 heteroatoms. The van der Waals surface area contributed by atoms with E-state index in [2.05, 4.69) is 4.98 Å². The van der Waals surface area contributed by atoms with Gasteiger partial charge in [0.1, 0.15) is 5.82 Å². The highest BCUT2D eigenvalue weighted by Crippen LogP contribution is 2.11. The second kappa shape index (κ2) is 3.75. The number of hydrogen-bond donors (Lipinski definition) is 1. The van der Waals surface area contributed by atoms with Crippen molar-refractivity contribution in [3.05, 3.63) is 23.9 Å². The van der Waals surface area contributed by atoms with Crippen LogP contribution in [0.5, 0.6) is 0 Å². The molecule has 13 heavy (non-hydrogen) atoms. The minimum Gasteiger partial charge on any atom is -0.384 e. The van der Waals surface area contributed by atoms with Crippen LogP contribution in [0.15, 0.2) is 18.3 Å². The number of pyridine rings is 1. The van der Waals surface area contributed by atoms with Crippen LogP contribution in [0.1, 0.15) is 26.3 Å². The first-order chi connectivity index (χ1) is 5.97. The Kier molecular flexibility index (Phi) is 2.88. The lowest BCUT2D eigenvalue weighted by molar-refractivity contribution is -0.0150. The van der Waals surface area contributed by atoms with Crippen molar-refractivity contribution in [2.45, 2.75) is 33.0 Å². The quantitative estimate of drug-likeness (QED) is 0.757. The van der Waals surface area contributed by atoms with Gasteiger partial charge in [0.15, 0.2) is 0 Å². The van der Waals surface area contributed by atoms with E-state index in [0.717, 1.165) is 5.56 Å². The summed E-state index contributed by atoms with van der Waals surface area (Å²) in [6.07, 6.45) is 1.74. The molecule has 0 atom stereocenters. The molecule has 2 N–H and O–H groups in total. The molecule has 0 unspecified atom stereocenters. The van der Waals surface area contributed by atoms with Crippen LogP contribution in [0.4, 0.5) is 5.82 Å². The molecule has 0 aliphatic heterocycles. The van der Waals surface area contributed by atoms with E-state index in [1.807, 2.05) is 26.8 Å². The Morgan fingerprint density at radius 2 is 2.08 bits per heavy atom. The largest absolute Gasteiger partial charge is 0.384 e. The number of nitrogen functional groups attached to an aromatic ring is 1. The van der Waals surface area contributed by atoms with Crippen molar-refractivity contribution < 1.29 is 4.74 Å². The molecule has 1 heterocycles. The van der Waals surface area contributed by atoms with Gasteiger partial charge in [-0.15, -0.1) is 0 Å². The van der Waals surface area contributed by atoms with Crippen molar-refractivity contribution in [1.82, 2.24) is 4.98 Å². The van der Waals surface area contributed by atoms with Gasteiger partial charge in [-0.2, -0.15) is 0 Å². The molecule has 0 fully saturated rings. The molecule has 0 aromatic carbocycles. The highest BCUT2D eigenvalue weighted by Gasteiger charge is 2.09. The maximum Gasteiger partial charge on any atom is 0.123 e. The van der Waals surface area contributed by atoms with Gasteiger partial charge in [-0.1, -0.05) is 6.07 Å². The average Bonchev–Trinajstić information content (AvgIpc) is 2.02. The number of nitrogens with two attached hydrogens (primary N) is 1. The Balaban J connectivity index is 2.51. The molecule has 3 nitrogen and oxygen atoms in total. The Hall–Kier alpha value is -1.09. The van der Waals surface area contributed by atoms with Crippen LogP contribution in [0, 0.1) is 0 Å². The van der Waals surface area contributed by atoms with Crippen molar-refractivity contribution in [2.75, 3.05) is 5.73 Å². The number of nitrogens with zero attached hydrogens (tertiary/aromatic N) is 1. The topological polar surface area (TPSA) is 48.1 Å². The average molecular weight is 180 g/mol. The zero-order chi connectivity index (χ0) is 9.90. The first-order valence-corrected chi connectivity index (χ1v) is 4.32. The van der Waals surface area contributed by atoms with Crippen LogP contribution in [0.2, 0.25) is 0 Å². The van der Waals surface area contributed by atoms with E-state index in [4.69, 9.17) is 10.5 Å². The first-order valence-electron chi connectivity index (χ1n) is 4.32. The molecule has 1 aromatic rings. The van der Waals surface area contributed by atoms with Gasteiger partial charge in [0.25, 0.3) is 0 Å². The maximum absolute atomic E-state index is 5.57. The van der Waals surface area contributed by atoms with Gasteiger partial charge < -0.3 is 10.5 Å². The normalized spacial score (nSPS) is 11.6. The van der Waals surface area contributed by atoms with Gasteiger partial charge in [0.05, 0.1) is 12.2 Å².